The van der Waals surface area contributed by atoms with Crippen molar-refractivity contribution in [1.29, 1.82) is 0 Å². The van der Waals surface area contributed by atoms with Crippen molar-refractivity contribution in [3.8, 4) is 11.4 Å². The van der Waals surface area contributed by atoms with Gasteiger partial charge in [-0.15, -0.1) is 18.3 Å². The number of nitrogens with two attached hydrogens (primary N) is 1. The molecule has 0 atom stereocenters. The summed E-state index contributed by atoms with van der Waals surface area (Å²) >= 11 is 0. The summed E-state index contributed by atoms with van der Waals surface area (Å²) < 4.78 is 41.0. The smallest absolute Gasteiger partial charge is 0.406 e. The van der Waals surface area contributed by atoms with Crippen LogP contribution in [0.2, 0.25) is 0 Å². The van der Waals surface area contributed by atoms with Crippen molar-refractivity contribution in [3.63, 3.8) is 0 Å². The van der Waals surface area contributed by atoms with E-state index in [2.05, 4.69) is 15.0 Å². The van der Waals surface area contributed by atoms with E-state index in [1.807, 2.05) is 0 Å². The third kappa shape index (κ3) is 2.98. The van der Waals surface area contributed by atoms with Gasteiger partial charge in [0.05, 0.1) is 17.6 Å². The Balaban J connectivity index is 2.17. The molecule has 0 fully saturated rings. The van der Waals surface area contributed by atoms with Gasteiger partial charge in [-0.25, -0.2) is 4.68 Å². The highest BCUT2D eigenvalue weighted by Crippen LogP contribution is 2.23. The summed E-state index contributed by atoms with van der Waals surface area (Å²) in [4.78, 5) is 0. The van der Waals surface area contributed by atoms with E-state index < -0.39 is 6.36 Å². The zero-order valence-electron chi connectivity index (χ0n) is 9.05. The molecule has 8 heteroatoms. The van der Waals surface area contributed by atoms with Crippen LogP contribution in [0.4, 0.5) is 13.2 Å². The van der Waals surface area contributed by atoms with Crippen molar-refractivity contribution in [3.05, 3.63) is 36.2 Å². The summed E-state index contributed by atoms with van der Waals surface area (Å²) in [5.74, 6) is -0.287. The second-order valence-electron chi connectivity index (χ2n) is 3.40. The van der Waals surface area contributed by atoms with Crippen molar-refractivity contribution in [2.24, 2.45) is 5.73 Å². The van der Waals surface area contributed by atoms with Gasteiger partial charge in [0.15, 0.2) is 0 Å². The molecule has 1 aromatic heterocycles. The van der Waals surface area contributed by atoms with E-state index in [1.165, 1.54) is 28.9 Å². The maximum atomic E-state index is 12.0. The van der Waals surface area contributed by atoms with Crippen molar-refractivity contribution >= 4 is 0 Å². The number of aromatic nitrogens is 3. The molecular formula is C10H9F3N4O. The summed E-state index contributed by atoms with van der Waals surface area (Å²) in [5, 5.41) is 7.55. The minimum Gasteiger partial charge on any atom is -0.406 e. The van der Waals surface area contributed by atoms with Gasteiger partial charge in [-0.2, -0.15) is 0 Å². The SMILES string of the molecule is NCc1cn(-c2ccc(OC(F)(F)F)cc2)nn1. The summed E-state index contributed by atoms with van der Waals surface area (Å²) in [6.45, 7) is 0.245. The lowest BCUT2D eigenvalue weighted by molar-refractivity contribution is -0.274. The number of alkyl halides is 3. The minimum absolute atomic E-state index is 0.245. The lowest BCUT2D eigenvalue weighted by Gasteiger charge is -2.08. The van der Waals surface area contributed by atoms with Gasteiger partial charge in [-0.3, -0.25) is 0 Å². The molecule has 0 aliphatic carbocycles. The van der Waals surface area contributed by atoms with Crippen LogP contribution in [0.1, 0.15) is 5.69 Å². The Morgan fingerprint density at radius 3 is 2.39 bits per heavy atom. The van der Waals surface area contributed by atoms with Gasteiger partial charge in [-0.05, 0) is 24.3 Å². The van der Waals surface area contributed by atoms with E-state index in [-0.39, 0.29) is 12.3 Å². The van der Waals surface area contributed by atoms with Crippen LogP contribution < -0.4 is 10.5 Å². The van der Waals surface area contributed by atoms with E-state index >= 15 is 0 Å². The van der Waals surface area contributed by atoms with Crippen molar-refractivity contribution < 1.29 is 17.9 Å². The van der Waals surface area contributed by atoms with E-state index in [4.69, 9.17) is 5.73 Å². The van der Waals surface area contributed by atoms with Crippen LogP contribution in [0.5, 0.6) is 5.75 Å². The third-order valence-corrected chi connectivity index (χ3v) is 2.08. The Bertz CT molecular complexity index is 521. The van der Waals surface area contributed by atoms with Crippen LogP contribution in [0.15, 0.2) is 30.5 Å². The van der Waals surface area contributed by atoms with E-state index in [0.717, 1.165) is 0 Å². The summed E-state index contributed by atoms with van der Waals surface area (Å²) in [5.41, 5.74) is 6.53. The predicted octanol–water partition coefficient (Wildman–Crippen LogP) is 1.62. The van der Waals surface area contributed by atoms with E-state index in [9.17, 15) is 13.2 Å². The first-order valence-corrected chi connectivity index (χ1v) is 4.95. The zero-order chi connectivity index (χ0) is 13.2. The average molecular weight is 258 g/mol. The summed E-state index contributed by atoms with van der Waals surface area (Å²) in [6.07, 6.45) is -3.10. The molecule has 1 heterocycles. The average Bonchev–Trinajstić information content (AvgIpc) is 2.76. The fraction of sp³-hybridized carbons (Fsp3) is 0.200. The molecule has 1 aromatic carbocycles. The molecule has 18 heavy (non-hydrogen) atoms. The largest absolute Gasteiger partial charge is 0.573 e. The van der Waals surface area contributed by atoms with Crippen molar-refractivity contribution in [2.45, 2.75) is 12.9 Å². The minimum atomic E-state index is -4.69. The van der Waals surface area contributed by atoms with Crippen LogP contribution in [0.25, 0.3) is 5.69 Å². The third-order valence-electron chi connectivity index (χ3n) is 2.08. The lowest BCUT2D eigenvalue weighted by Crippen LogP contribution is -2.17. The number of rotatable bonds is 3. The zero-order valence-corrected chi connectivity index (χ0v) is 9.05. The van der Waals surface area contributed by atoms with Gasteiger partial charge in [0.1, 0.15) is 5.75 Å². The van der Waals surface area contributed by atoms with Crippen LogP contribution in [0.3, 0.4) is 0 Å². The highest BCUT2D eigenvalue weighted by molar-refractivity contribution is 5.36. The molecule has 5 nitrogen and oxygen atoms in total. The molecule has 0 unspecified atom stereocenters. The number of ether oxygens (including phenoxy) is 1. The van der Waals surface area contributed by atoms with E-state index in [1.54, 1.807) is 6.20 Å². The maximum Gasteiger partial charge on any atom is 0.573 e. The molecule has 0 aliphatic rings. The van der Waals surface area contributed by atoms with Crippen molar-refractivity contribution in [2.75, 3.05) is 0 Å². The molecule has 0 radical (unpaired) electrons. The Morgan fingerprint density at radius 2 is 1.89 bits per heavy atom. The van der Waals surface area contributed by atoms with Gasteiger partial charge in [0.25, 0.3) is 0 Å². The first-order valence-electron chi connectivity index (χ1n) is 4.95. The second-order valence-corrected chi connectivity index (χ2v) is 3.40. The molecule has 0 amide bonds. The summed E-state index contributed by atoms with van der Waals surface area (Å²) in [6, 6.07) is 5.28. The molecular weight excluding hydrogens is 249 g/mol. The molecule has 0 saturated carbocycles. The van der Waals surface area contributed by atoms with Crippen LogP contribution in [-0.2, 0) is 6.54 Å². The monoisotopic (exact) mass is 258 g/mol. The molecule has 96 valence electrons. The number of hydrogen-bond acceptors (Lipinski definition) is 4. The fourth-order valence-corrected chi connectivity index (χ4v) is 1.32. The maximum absolute atomic E-state index is 12.0. The van der Waals surface area contributed by atoms with Crippen molar-refractivity contribution in [1.82, 2.24) is 15.0 Å². The van der Waals surface area contributed by atoms with Crippen LogP contribution >= 0.6 is 0 Å². The quantitative estimate of drug-likeness (QED) is 0.908. The molecule has 0 aliphatic heterocycles. The molecule has 2 N–H and O–H groups in total. The Morgan fingerprint density at radius 1 is 1.22 bits per heavy atom. The number of hydrogen-bond donors (Lipinski definition) is 1. The molecule has 2 rings (SSSR count). The predicted molar refractivity (Wildman–Crippen MR) is 55.9 cm³/mol. The lowest BCUT2D eigenvalue weighted by atomic mass is 10.3. The van der Waals surface area contributed by atoms with Gasteiger partial charge in [-0.1, -0.05) is 5.21 Å². The standard InChI is InChI=1S/C10H9F3N4O/c11-10(12,13)18-9-3-1-8(2-4-9)17-6-7(5-14)15-16-17/h1-4,6H,5,14H2. The van der Waals surface area contributed by atoms with Crippen LogP contribution in [0, 0.1) is 0 Å². The Kier molecular flexibility index (Phi) is 3.19. The first kappa shape index (κ1) is 12.4. The Hall–Kier alpha value is -2.09. The van der Waals surface area contributed by atoms with Gasteiger partial charge >= 0.3 is 6.36 Å². The number of benzene rings is 1. The number of nitrogens with zero attached hydrogens (tertiary/aromatic N) is 3. The molecule has 2 aromatic rings. The van der Waals surface area contributed by atoms with Gasteiger partial charge in [0.2, 0.25) is 0 Å². The molecule has 0 bridgehead atoms. The van der Waals surface area contributed by atoms with Crippen LogP contribution in [-0.4, -0.2) is 21.4 Å². The normalized spacial score (nSPS) is 11.6. The second kappa shape index (κ2) is 4.65. The fourth-order valence-electron chi connectivity index (χ4n) is 1.32. The summed E-state index contributed by atoms with van der Waals surface area (Å²) in [7, 11) is 0. The van der Waals surface area contributed by atoms with Gasteiger partial charge < -0.3 is 10.5 Å². The highest BCUT2D eigenvalue weighted by Gasteiger charge is 2.30. The number of halogens is 3. The highest BCUT2D eigenvalue weighted by atomic mass is 19.4. The van der Waals surface area contributed by atoms with Gasteiger partial charge in [0, 0.05) is 6.54 Å². The molecule has 0 spiro atoms. The Labute approximate surface area is 100.0 Å². The van der Waals surface area contributed by atoms with E-state index in [0.29, 0.717) is 11.4 Å². The first-order chi connectivity index (χ1) is 8.48. The topological polar surface area (TPSA) is 66.0 Å². The molecule has 0 saturated heterocycles.